The van der Waals surface area contributed by atoms with E-state index in [1.165, 1.54) is 0 Å². The molecule has 0 aliphatic carbocycles. The van der Waals surface area contributed by atoms with Gasteiger partial charge in [0.05, 0.1) is 12.5 Å². The van der Waals surface area contributed by atoms with Gasteiger partial charge in [0.1, 0.15) is 0 Å². The molecule has 1 rings (SSSR count). The van der Waals surface area contributed by atoms with Crippen molar-refractivity contribution >= 4 is 5.91 Å². The van der Waals surface area contributed by atoms with E-state index in [1.807, 2.05) is 6.07 Å². The second kappa shape index (κ2) is 4.97. The second-order valence-electron chi connectivity index (χ2n) is 2.97. The van der Waals surface area contributed by atoms with Crippen LogP contribution in [0.2, 0.25) is 0 Å². The van der Waals surface area contributed by atoms with E-state index in [4.69, 9.17) is 5.26 Å². The SMILES string of the molecule is CC(CC#N)NC(=O)c1ccncc1. The molecular formula is C10H11N3O. The van der Waals surface area contributed by atoms with Crippen molar-refractivity contribution in [1.29, 1.82) is 5.26 Å². The molecule has 0 bridgehead atoms. The Kier molecular flexibility index (Phi) is 3.62. The van der Waals surface area contributed by atoms with Gasteiger partial charge in [-0.2, -0.15) is 5.26 Å². The molecule has 72 valence electrons. The summed E-state index contributed by atoms with van der Waals surface area (Å²) in [7, 11) is 0. The minimum Gasteiger partial charge on any atom is -0.349 e. The lowest BCUT2D eigenvalue weighted by Crippen LogP contribution is -2.32. The van der Waals surface area contributed by atoms with Crippen molar-refractivity contribution < 1.29 is 4.79 Å². The fraction of sp³-hybridized carbons (Fsp3) is 0.300. The quantitative estimate of drug-likeness (QED) is 0.774. The van der Waals surface area contributed by atoms with E-state index in [9.17, 15) is 4.79 Å². The average Bonchev–Trinajstić information content (AvgIpc) is 2.19. The molecule has 1 aromatic heterocycles. The lowest BCUT2D eigenvalue weighted by molar-refractivity contribution is 0.0940. The molecular weight excluding hydrogens is 178 g/mol. The fourth-order valence-electron chi connectivity index (χ4n) is 0.998. The van der Waals surface area contributed by atoms with Gasteiger partial charge in [-0.25, -0.2) is 0 Å². The molecule has 0 radical (unpaired) electrons. The summed E-state index contributed by atoms with van der Waals surface area (Å²) < 4.78 is 0. The molecule has 1 N–H and O–H groups in total. The number of nitriles is 1. The summed E-state index contributed by atoms with van der Waals surface area (Å²) in [6.45, 7) is 1.79. The van der Waals surface area contributed by atoms with E-state index in [0.717, 1.165) is 0 Å². The summed E-state index contributed by atoms with van der Waals surface area (Å²) in [4.78, 5) is 15.3. The molecule has 0 aliphatic rings. The highest BCUT2D eigenvalue weighted by Gasteiger charge is 2.08. The van der Waals surface area contributed by atoms with Crippen LogP contribution in [0, 0.1) is 11.3 Å². The summed E-state index contributed by atoms with van der Waals surface area (Å²) in [5, 5.41) is 11.1. The molecule has 0 aliphatic heterocycles. The van der Waals surface area contributed by atoms with Gasteiger partial charge in [0.25, 0.3) is 5.91 Å². The number of hydrogen-bond acceptors (Lipinski definition) is 3. The highest BCUT2D eigenvalue weighted by molar-refractivity contribution is 5.94. The summed E-state index contributed by atoms with van der Waals surface area (Å²) in [6, 6.07) is 5.14. The smallest absolute Gasteiger partial charge is 0.251 e. The van der Waals surface area contributed by atoms with Crippen molar-refractivity contribution in [3.63, 3.8) is 0 Å². The maximum Gasteiger partial charge on any atom is 0.251 e. The van der Waals surface area contributed by atoms with Crippen molar-refractivity contribution in [2.24, 2.45) is 0 Å². The van der Waals surface area contributed by atoms with Gasteiger partial charge in [-0.05, 0) is 19.1 Å². The topological polar surface area (TPSA) is 65.8 Å². The number of nitrogens with one attached hydrogen (secondary N) is 1. The highest BCUT2D eigenvalue weighted by Crippen LogP contribution is 1.97. The zero-order chi connectivity index (χ0) is 10.4. The maximum atomic E-state index is 11.5. The molecule has 0 saturated carbocycles. The van der Waals surface area contributed by atoms with E-state index in [1.54, 1.807) is 31.5 Å². The number of amides is 1. The van der Waals surface area contributed by atoms with Gasteiger partial charge in [0.2, 0.25) is 0 Å². The zero-order valence-corrected chi connectivity index (χ0v) is 7.90. The van der Waals surface area contributed by atoms with Crippen LogP contribution in [0.4, 0.5) is 0 Å². The van der Waals surface area contributed by atoms with Crippen molar-refractivity contribution in [3.8, 4) is 6.07 Å². The van der Waals surface area contributed by atoms with Crippen LogP contribution in [0.5, 0.6) is 0 Å². The number of carbonyl (C=O) groups is 1. The molecule has 1 amide bonds. The van der Waals surface area contributed by atoms with Crippen molar-refractivity contribution in [2.75, 3.05) is 0 Å². The van der Waals surface area contributed by atoms with Gasteiger partial charge in [-0.1, -0.05) is 0 Å². The number of hydrogen-bond donors (Lipinski definition) is 1. The molecule has 4 heteroatoms. The number of rotatable bonds is 3. The van der Waals surface area contributed by atoms with E-state index >= 15 is 0 Å². The molecule has 0 fully saturated rings. The molecule has 1 atom stereocenters. The van der Waals surface area contributed by atoms with Gasteiger partial charge < -0.3 is 5.32 Å². The highest BCUT2D eigenvalue weighted by atomic mass is 16.1. The van der Waals surface area contributed by atoms with Crippen molar-refractivity contribution in [1.82, 2.24) is 10.3 Å². The van der Waals surface area contributed by atoms with Crippen LogP contribution in [-0.4, -0.2) is 16.9 Å². The van der Waals surface area contributed by atoms with Crippen molar-refractivity contribution in [2.45, 2.75) is 19.4 Å². The standard InChI is InChI=1S/C10H11N3O/c1-8(2-5-11)13-10(14)9-3-6-12-7-4-9/h3-4,6-8H,2H2,1H3,(H,13,14). The number of aromatic nitrogens is 1. The Morgan fingerprint density at radius 3 is 2.86 bits per heavy atom. The average molecular weight is 189 g/mol. The lowest BCUT2D eigenvalue weighted by atomic mass is 10.2. The van der Waals surface area contributed by atoms with Gasteiger partial charge in [0, 0.05) is 24.0 Å². The first kappa shape index (κ1) is 10.2. The predicted octanol–water partition coefficient (Wildman–Crippen LogP) is 1.11. The third-order valence-electron chi connectivity index (χ3n) is 1.72. The Balaban J connectivity index is 2.56. The molecule has 1 unspecified atom stereocenters. The second-order valence-corrected chi connectivity index (χ2v) is 2.97. The Labute approximate surface area is 82.6 Å². The zero-order valence-electron chi connectivity index (χ0n) is 7.90. The van der Waals surface area contributed by atoms with Crippen LogP contribution >= 0.6 is 0 Å². The lowest BCUT2D eigenvalue weighted by Gasteiger charge is -2.09. The first-order valence-corrected chi connectivity index (χ1v) is 4.32. The molecule has 4 nitrogen and oxygen atoms in total. The molecule has 1 heterocycles. The first-order valence-electron chi connectivity index (χ1n) is 4.32. The van der Waals surface area contributed by atoms with Crippen LogP contribution in [-0.2, 0) is 0 Å². The Hall–Kier alpha value is -1.89. The van der Waals surface area contributed by atoms with Crippen LogP contribution in [0.15, 0.2) is 24.5 Å². The molecule has 0 aromatic carbocycles. The van der Waals surface area contributed by atoms with Gasteiger partial charge in [-0.15, -0.1) is 0 Å². The van der Waals surface area contributed by atoms with Gasteiger partial charge in [0.15, 0.2) is 0 Å². The molecule has 14 heavy (non-hydrogen) atoms. The minimum absolute atomic E-state index is 0.124. The van der Waals surface area contributed by atoms with E-state index in [2.05, 4.69) is 10.3 Å². The van der Waals surface area contributed by atoms with E-state index in [-0.39, 0.29) is 11.9 Å². The predicted molar refractivity (Wildman–Crippen MR) is 51.4 cm³/mol. The first-order chi connectivity index (χ1) is 6.74. The van der Waals surface area contributed by atoms with Crippen LogP contribution in [0.1, 0.15) is 23.7 Å². The van der Waals surface area contributed by atoms with Gasteiger partial charge in [-0.3, -0.25) is 9.78 Å². The van der Waals surface area contributed by atoms with Crippen LogP contribution in [0.25, 0.3) is 0 Å². The van der Waals surface area contributed by atoms with Crippen molar-refractivity contribution in [3.05, 3.63) is 30.1 Å². The van der Waals surface area contributed by atoms with Crippen LogP contribution < -0.4 is 5.32 Å². The largest absolute Gasteiger partial charge is 0.349 e. The monoisotopic (exact) mass is 189 g/mol. The number of carbonyl (C=O) groups excluding carboxylic acids is 1. The maximum absolute atomic E-state index is 11.5. The Bertz CT molecular complexity index is 342. The summed E-state index contributed by atoms with van der Waals surface area (Å²) >= 11 is 0. The third-order valence-corrected chi connectivity index (χ3v) is 1.72. The van der Waals surface area contributed by atoms with E-state index in [0.29, 0.717) is 12.0 Å². The summed E-state index contributed by atoms with van der Waals surface area (Å²) in [6.07, 6.45) is 3.44. The van der Waals surface area contributed by atoms with Gasteiger partial charge >= 0.3 is 0 Å². The summed E-state index contributed by atoms with van der Waals surface area (Å²) in [5.74, 6) is -0.171. The Morgan fingerprint density at radius 1 is 1.64 bits per heavy atom. The summed E-state index contributed by atoms with van der Waals surface area (Å²) in [5.41, 5.74) is 0.560. The molecule has 0 spiro atoms. The number of nitrogens with zero attached hydrogens (tertiary/aromatic N) is 2. The number of pyridine rings is 1. The van der Waals surface area contributed by atoms with E-state index < -0.39 is 0 Å². The minimum atomic E-state index is -0.171. The fourth-order valence-corrected chi connectivity index (χ4v) is 0.998. The van der Waals surface area contributed by atoms with Crippen LogP contribution in [0.3, 0.4) is 0 Å². The molecule has 0 saturated heterocycles. The Morgan fingerprint density at radius 2 is 2.29 bits per heavy atom. The normalized spacial score (nSPS) is 11.4. The third kappa shape index (κ3) is 2.87. The molecule has 1 aromatic rings.